The third-order valence-electron chi connectivity index (χ3n) is 10.7. The fourth-order valence-electron chi connectivity index (χ4n) is 8.95. The highest BCUT2D eigenvalue weighted by molar-refractivity contribution is 7.14. The first-order chi connectivity index (χ1) is 21.6. The number of nitrogens with one attached hydrogen (secondary N) is 2. The van der Waals surface area contributed by atoms with Crippen LogP contribution in [0.1, 0.15) is 50.0 Å². The van der Waals surface area contributed by atoms with Crippen LogP contribution in [0, 0.1) is 39.4 Å². The van der Waals surface area contributed by atoms with Crippen LogP contribution in [0.25, 0.3) is 11.3 Å². The molecule has 2 saturated carbocycles. The Kier molecular flexibility index (Phi) is 8.64. The second kappa shape index (κ2) is 11.7. The molecule has 12 nitrogen and oxygen atoms in total. The fourth-order valence-corrected chi connectivity index (χ4v) is 9.68. The van der Waals surface area contributed by atoms with Crippen LogP contribution in [0.3, 0.4) is 0 Å². The van der Waals surface area contributed by atoms with Gasteiger partial charge in [-0.1, -0.05) is 45.9 Å². The average Bonchev–Trinajstić information content (AvgIpc) is 3.44. The Morgan fingerprint density at radius 3 is 2.51 bits per heavy atom. The second-order valence-corrected chi connectivity index (χ2v) is 14.7. The van der Waals surface area contributed by atoms with Gasteiger partial charge in [0.1, 0.15) is 17.8 Å². The fraction of sp³-hybridized carbons (Fsp3) is 0.455. The van der Waals surface area contributed by atoms with Crippen LogP contribution in [0.15, 0.2) is 41.8 Å². The van der Waals surface area contributed by atoms with Crippen molar-refractivity contribution in [2.75, 3.05) is 5.32 Å². The lowest BCUT2D eigenvalue weighted by Gasteiger charge is -2.66. The molecule has 0 saturated heterocycles. The summed E-state index contributed by atoms with van der Waals surface area (Å²) in [5.74, 6) is -7.44. The third kappa shape index (κ3) is 4.90. The molecule has 3 aromatic rings. The molecular weight excluding hydrogens is 648 g/mol. The van der Waals surface area contributed by atoms with Gasteiger partial charge in [0.15, 0.2) is 22.3 Å². The molecule has 2 fully saturated rings. The number of carbonyl (C=O) groups excluding carboxylic acids is 3. The molecule has 1 heterocycles. The van der Waals surface area contributed by atoms with Gasteiger partial charge in [-0.2, -0.15) is 0 Å². The van der Waals surface area contributed by atoms with Crippen LogP contribution in [-0.4, -0.2) is 60.7 Å². The van der Waals surface area contributed by atoms with Crippen LogP contribution >= 0.6 is 11.3 Å². The number of nitrogens with two attached hydrogens (primary N) is 1. The number of thiazole rings is 1. The number of primary amides is 1. The summed E-state index contributed by atoms with van der Waals surface area (Å²) in [5, 5.41) is 53.9. The Bertz CT molecular complexity index is 1800. The van der Waals surface area contributed by atoms with Gasteiger partial charge < -0.3 is 43.9 Å². The van der Waals surface area contributed by atoms with Crippen LogP contribution in [0.4, 0.5) is 16.5 Å². The van der Waals surface area contributed by atoms with Gasteiger partial charge in [-0.05, 0) is 41.7 Å². The minimum absolute atomic E-state index is 0. The van der Waals surface area contributed by atoms with Crippen molar-refractivity contribution in [2.45, 2.75) is 58.3 Å². The lowest BCUT2D eigenvalue weighted by atomic mass is 9.39. The third-order valence-corrected chi connectivity index (χ3v) is 11.4. The number of nitrogens with zero attached hydrogens (tertiary/aromatic N) is 1. The Morgan fingerprint density at radius 2 is 1.87 bits per heavy atom. The highest BCUT2D eigenvalue weighted by atomic mass is 35.5. The molecule has 14 heteroatoms. The van der Waals surface area contributed by atoms with Gasteiger partial charge in [-0.3, -0.25) is 14.4 Å². The number of phenols is 1. The van der Waals surface area contributed by atoms with Crippen LogP contribution in [0.5, 0.6) is 5.75 Å². The second-order valence-electron chi connectivity index (χ2n) is 13.8. The number of Topliss-reactive ketones (excluding diaryl/α,β-unsaturated/α-hetero) is 2. The van der Waals surface area contributed by atoms with Gasteiger partial charge in [-0.15, -0.1) is 11.3 Å². The van der Waals surface area contributed by atoms with Crippen molar-refractivity contribution in [3.8, 4) is 17.0 Å². The molecule has 0 bridgehead atoms. The standard InChI is InChI=1S/C33H36N4O8S.ClH/c1-14(2)22-26(40)21(29(34)43)27(41)33(44)28(42)23-25(39)20-16(11-31(23,3)13-32(22,33)4)8-9-18(24(20)38)35-30-36-19(12-46-30)15-6-5-7-17(10-15)37-45;/h5-10,12,14,21-23,26,28,38,40,42,44H,11,13H2,1-4H3,(H2,34,43)(H,35,36);1H/t21-,22+,23-,26?,28?,31-,32-,33+;/m1./s1. The molecule has 6 rings (SSSR count). The van der Waals surface area contributed by atoms with Crippen molar-refractivity contribution >= 4 is 45.3 Å². The van der Waals surface area contributed by atoms with Gasteiger partial charge in [0.05, 0.1) is 29.0 Å². The topological polar surface area (TPSA) is 214 Å². The Balaban J connectivity index is 0.00000433. The number of amides is 1. The number of aliphatic hydroxyl groups excluding tert-OH is 2. The Morgan fingerprint density at radius 1 is 1.17 bits per heavy atom. The molecule has 0 aliphatic heterocycles. The molecule has 250 valence electrons. The smallest absolute Gasteiger partial charge is 0.254 e. The minimum atomic E-state index is -2.57. The molecular formula is C33H37ClN4O8S. The SMILES string of the molecule is CC(C)[C@H]1C(O)[C@@H](C(N)=O)C(=O)[C@]2(O)C(O)[C@H]3C(=O)c4c(ccc(Nc5nc(-c6cccc([NH+]=O)c6)cs5)c4O)C[C@]3(C)C[C@]12C.[Cl-]. The number of ketones is 2. The minimum Gasteiger partial charge on any atom is -1.00 e. The van der Waals surface area contributed by atoms with Crippen LogP contribution in [0.2, 0.25) is 0 Å². The van der Waals surface area contributed by atoms with E-state index in [0.29, 0.717) is 27.6 Å². The summed E-state index contributed by atoms with van der Waals surface area (Å²) in [6.45, 7) is 7.03. The lowest BCUT2D eigenvalue weighted by Crippen LogP contribution is -3.00. The highest BCUT2D eigenvalue weighted by Gasteiger charge is 2.75. The summed E-state index contributed by atoms with van der Waals surface area (Å²) >= 11 is 1.25. The quantitative estimate of drug-likeness (QED) is 0.123. The maximum Gasteiger partial charge on any atom is 0.254 e. The van der Waals surface area contributed by atoms with E-state index in [1.165, 1.54) is 11.3 Å². The van der Waals surface area contributed by atoms with E-state index in [2.05, 4.69) is 10.3 Å². The van der Waals surface area contributed by atoms with E-state index < -0.39 is 63.9 Å². The van der Waals surface area contributed by atoms with E-state index in [0.717, 1.165) is 0 Å². The predicted molar refractivity (Wildman–Crippen MR) is 168 cm³/mol. The van der Waals surface area contributed by atoms with Crippen molar-refractivity contribution in [3.63, 3.8) is 0 Å². The van der Waals surface area contributed by atoms with Gasteiger partial charge in [0, 0.05) is 38.6 Å². The number of phenolic OH excluding ortho intramolecular Hbond substituents is 1. The van der Waals surface area contributed by atoms with Gasteiger partial charge >= 0.3 is 0 Å². The number of aliphatic hydroxyl groups is 3. The predicted octanol–water partition coefficient (Wildman–Crippen LogP) is -1.08. The van der Waals surface area contributed by atoms with Crippen LogP contribution < -0.4 is 28.6 Å². The molecule has 8 atom stereocenters. The summed E-state index contributed by atoms with van der Waals surface area (Å²) in [6, 6.07) is 10.1. The number of rotatable bonds is 6. The molecule has 0 radical (unpaired) electrons. The Labute approximate surface area is 280 Å². The molecule has 1 amide bonds. The molecule has 1 aromatic heterocycles. The first-order valence-electron chi connectivity index (χ1n) is 15.1. The Hall–Kier alpha value is -3.75. The van der Waals surface area contributed by atoms with Crippen molar-refractivity contribution in [1.29, 1.82) is 0 Å². The number of fused-ring (bicyclic) bond motifs is 3. The summed E-state index contributed by atoms with van der Waals surface area (Å²) in [7, 11) is 0. The molecule has 2 aromatic carbocycles. The number of aromatic nitrogens is 1. The largest absolute Gasteiger partial charge is 1.00 e. The molecule has 2 unspecified atom stereocenters. The van der Waals surface area contributed by atoms with E-state index in [4.69, 9.17) is 5.73 Å². The lowest BCUT2D eigenvalue weighted by molar-refractivity contribution is -0.379. The van der Waals surface area contributed by atoms with Crippen molar-refractivity contribution < 1.29 is 52.4 Å². The summed E-state index contributed by atoms with van der Waals surface area (Å²) in [4.78, 5) is 56.2. The molecule has 8 N–H and O–H groups in total. The van der Waals surface area contributed by atoms with Crippen molar-refractivity contribution in [2.24, 2.45) is 40.2 Å². The summed E-state index contributed by atoms with van der Waals surface area (Å²) in [6.07, 6.45) is -3.12. The monoisotopic (exact) mass is 684 g/mol. The number of benzene rings is 2. The maximum atomic E-state index is 14.3. The molecule has 0 spiro atoms. The van der Waals surface area contributed by atoms with Crippen LogP contribution in [-0.2, 0) is 16.0 Å². The maximum absolute atomic E-state index is 14.3. The van der Waals surface area contributed by atoms with Gasteiger partial charge in [0.25, 0.3) is 5.69 Å². The van der Waals surface area contributed by atoms with Gasteiger partial charge in [0.2, 0.25) is 5.91 Å². The van der Waals surface area contributed by atoms with Crippen molar-refractivity contribution in [3.05, 3.63) is 57.8 Å². The number of halogens is 1. The number of anilines is 2. The molecule has 47 heavy (non-hydrogen) atoms. The number of hydrogen-bond donors (Lipinski definition) is 7. The van der Waals surface area contributed by atoms with Crippen molar-refractivity contribution in [1.82, 2.24) is 4.98 Å². The van der Waals surface area contributed by atoms with E-state index in [1.807, 2.05) is 5.18 Å². The van der Waals surface area contributed by atoms with E-state index in [-0.39, 0.29) is 48.2 Å². The highest BCUT2D eigenvalue weighted by Crippen LogP contribution is 2.65. The summed E-state index contributed by atoms with van der Waals surface area (Å²) in [5.41, 5.74) is 2.93. The molecule has 3 aliphatic carbocycles. The first-order valence-corrected chi connectivity index (χ1v) is 16.0. The van der Waals surface area contributed by atoms with Gasteiger partial charge in [-0.25, -0.2) is 4.98 Å². The zero-order chi connectivity index (χ0) is 33.5. The zero-order valence-corrected chi connectivity index (χ0v) is 27.7. The number of aromatic hydroxyl groups is 1. The average molecular weight is 685 g/mol. The number of hydrogen-bond acceptors (Lipinski definition) is 11. The first kappa shape index (κ1) is 34.6. The normalized spacial score (nSPS) is 32.9. The van der Waals surface area contributed by atoms with E-state index in [1.54, 1.807) is 69.5 Å². The number of nitroso groups, excluding NO2 is 1. The van der Waals surface area contributed by atoms with E-state index in [9.17, 15) is 39.7 Å². The number of carbonyl (C=O) groups is 3. The van der Waals surface area contributed by atoms with E-state index >= 15 is 0 Å². The summed E-state index contributed by atoms with van der Waals surface area (Å²) < 4.78 is 0. The zero-order valence-electron chi connectivity index (χ0n) is 26.2. The molecule has 3 aliphatic rings.